The van der Waals surface area contributed by atoms with E-state index in [1.54, 1.807) is 12.3 Å². The third kappa shape index (κ3) is 4.46. The molecule has 1 fully saturated rings. The molecule has 0 amide bonds. The zero-order chi connectivity index (χ0) is 22.8. The second-order valence-electron chi connectivity index (χ2n) is 7.62. The van der Waals surface area contributed by atoms with Crippen LogP contribution in [0.15, 0.2) is 28.5 Å². The lowest BCUT2D eigenvalue weighted by Crippen LogP contribution is -2.48. The number of anilines is 2. The van der Waals surface area contributed by atoms with Gasteiger partial charge in [0.1, 0.15) is 0 Å². The highest BCUT2D eigenvalue weighted by Crippen LogP contribution is 2.32. The van der Waals surface area contributed by atoms with Crippen LogP contribution in [0.3, 0.4) is 0 Å². The number of aryl methyl sites for hydroxylation is 1. The maximum absolute atomic E-state index is 13.4. The van der Waals surface area contributed by atoms with Crippen LogP contribution in [0, 0.1) is 0 Å². The third-order valence-electron chi connectivity index (χ3n) is 5.66. The Morgan fingerprint density at radius 3 is 2.62 bits per heavy atom. The number of nitrogens with zero attached hydrogens (tertiary/aromatic N) is 4. The number of thiazole rings is 1. The molecule has 170 valence electrons. The highest BCUT2D eigenvalue weighted by Gasteiger charge is 2.23. The third-order valence-corrected chi connectivity index (χ3v) is 6.63. The predicted molar refractivity (Wildman–Crippen MR) is 130 cm³/mol. The highest BCUT2D eigenvalue weighted by molar-refractivity contribution is 7.13. The zero-order valence-corrected chi connectivity index (χ0v) is 19.7. The van der Waals surface area contributed by atoms with E-state index in [9.17, 15) is 9.59 Å². The number of halogens is 1. The van der Waals surface area contributed by atoms with Gasteiger partial charge in [0, 0.05) is 49.7 Å². The molecule has 0 unspecified atom stereocenters. The number of hydrogen-bond donors (Lipinski definition) is 1. The van der Waals surface area contributed by atoms with Crippen LogP contribution in [-0.2, 0) is 16.1 Å². The van der Waals surface area contributed by atoms with Crippen molar-refractivity contribution in [2.45, 2.75) is 20.4 Å². The molecule has 1 aliphatic rings. The summed E-state index contributed by atoms with van der Waals surface area (Å²) in [5, 5.41) is 3.44. The fourth-order valence-electron chi connectivity index (χ4n) is 4.03. The first-order valence-electron chi connectivity index (χ1n) is 10.6. The van der Waals surface area contributed by atoms with Crippen molar-refractivity contribution in [1.29, 1.82) is 0 Å². The van der Waals surface area contributed by atoms with Crippen molar-refractivity contribution in [3.8, 4) is 11.3 Å². The summed E-state index contributed by atoms with van der Waals surface area (Å²) in [7, 11) is 0. The summed E-state index contributed by atoms with van der Waals surface area (Å²) >= 11 is 7.98. The van der Waals surface area contributed by atoms with Crippen LogP contribution in [0.4, 0.5) is 10.8 Å². The minimum Gasteiger partial charge on any atom is -0.465 e. The summed E-state index contributed by atoms with van der Waals surface area (Å²) < 4.78 is 7.05. The molecule has 0 radical (unpaired) electrons. The second kappa shape index (κ2) is 9.48. The number of carbonyl (C=O) groups excluding carboxylic acids is 1. The van der Waals surface area contributed by atoms with Gasteiger partial charge < -0.3 is 19.9 Å². The number of nitrogen functional groups attached to an aromatic ring is 1. The number of pyridine rings is 1. The maximum atomic E-state index is 13.4. The van der Waals surface area contributed by atoms with E-state index in [1.807, 2.05) is 29.8 Å². The Labute approximate surface area is 195 Å². The summed E-state index contributed by atoms with van der Waals surface area (Å²) in [6.45, 7) is 8.02. The lowest BCUT2D eigenvalue weighted by Gasteiger charge is -2.36. The van der Waals surface area contributed by atoms with E-state index in [0.717, 1.165) is 11.2 Å². The van der Waals surface area contributed by atoms with E-state index in [2.05, 4.69) is 14.8 Å². The van der Waals surface area contributed by atoms with E-state index < -0.39 is 0 Å². The smallest absolute Gasteiger partial charge is 0.320 e. The van der Waals surface area contributed by atoms with Crippen LogP contribution in [0.2, 0.25) is 5.02 Å². The Balaban J connectivity index is 1.66. The van der Waals surface area contributed by atoms with Gasteiger partial charge in [0.15, 0.2) is 10.6 Å². The van der Waals surface area contributed by atoms with Crippen LogP contribution in [-0.4, -0.2) is 59.8 Å². The van der Waals surface area contributed by atoms with Gasteiger partial charge in [-0.15, -0.1) is 11.3 Å². The molecule has 0 atom stereocenters. The fraction of sp³-hybridized carbons (Fsp3) is 0.409. The molecule has 2 N–H and O–H groups in total. The van der Waals surface area contributed by atoms with Gasteiger partial charge in [-0.25, -0.2) is 4.98 Å². The molecule has 0 bridgehead atoms. The SMILES string of the molecule is CCOC(=O)CN1CCN(c2cc3c(=O)c(-c4csc(N)n4)cn(CC)c3cc2Cl)CC1. The lowest BCUT2D eigenvalue weighted by molar-refractivity contribution is -0.144. The normalized spacial score (nSPS) is 14.8. The number of aromatic nitrogens is 2. The summed E-state index contributed by atoms with van der Waals surface area (Å²) in [5.74, 6) is -0.208. The molecule has 8 nitrogen and oxygen atoms in total. The Hall–Kier alpha value is -2.62. The average Bonchev–Trinajstić information content (AvgIpc) is 3.20. The van der Waals surface area contributed by atoms with Crippen molar-refractivity contribution in [1.82, 2.24) is 14.5 Å². The summed E-state index contributed by atoms with van der Waals surface area (Å²) in [6, 6.07) is 3.74. The van der Waals surface area contributed by atoms with Gasteiger partial charge in [0.25, 0.3) is 0 Å². The number of carbonyl (C=O) groups is 1. The lowest BCUT2D eigenvalue weighted by atomic mass is 10.1. The highest BCUT2D eigenvalue weighted by atomic mass is 35.5. The van der Waals surface area contributed by atoms with Crippen molar-refractivity contribution >= 4 is 50.6 Å². The van der Waals surface area contributed by atoms with E-state index in [4.69, 9.17) is 22.1 Å². The van der Waals surface area contributed by atoms with Crippen LogP contribution < -0.4 is 16.1 Å². The zero-order valence-electron chi connectivity index (χ0n) is 18.1. The van der Waals surface area contributed by atoms with E-state index in [-0.39, 0.29) is 17.9 Å². The predicted octanol–water partition coefficient (Wildman–Crippen LogP) is 3.07. The molecule has 1 aliphatic heterocycles. The van der Waals surface area contributed by atoms with Crippen LogP contribution >= 0.6 is 22.9 Å². The Bertz CT molecular complexity index is 1200. The Morgan fingerprint density at radius 2 is 2.00 bits per heavy atom. The van der Waals surface area contributed by atoms with Gasteiger partial charge >= 0.3 is 5.97 Å². The molecule has 1 aromatic carbocycles. The topological polar surface area (TPSA) is 93.7 Å². The van der Waals surface area contributed by atoms with E-state index in [1.165, 1.54) is 11.3 Å². The molecule has 0 aliphatic carbocycles. The molecular formula is C22H26ClN5O3S. The molecule has 0 spiro atoms. The molecule has 32 heavy (non-hydrogen) atoms. The van der Waals surface area contributed by atoms with Gasteiger partial charge in [-0.3, -0.25) is 14.5 Å². The van der Waals surface area contributed by atoms with Crippen molar-refractivity contribution in [3.63, 3.8) is 0 Å². The fourth-order valence-corrected chi connectivity index (χ4v) is 4.87. The quantitative estimate of drug-likeness (QED) is 0.547. The monoisotopic (exact) mass is 475 g/mol. The molecule has 10 heteroatoms. The number of hydrogen-bond acceptors (Lipinski definition) is 8. The van der Waals surface area contributed by atoms with E-state index in [0.29, 0.717) is 66.1 Å². The van der Waals surface area contributed by atoms with Gasteiger partial charge in [0.2, 0.25) is 0 Å². The first-order chi connectivity index (χ1) is 15.4. The summed E-state index contributed by atoms with van der Waals surface area (Å²) in [5.41, 5.74) is 8.43. The minimum absolute atomic E-state index is 0.0890. The Kier molecular flexibility index (Phi) is 6.68. The maximum Gasteiger partial charge on any atom is 0.320 e. The number of esters is 1. The van der Waals surface area contributed by atoms with Gasteiger partial charge in [0.05, 0.1) is 40.6 Å². The molecule has 3 heterocycles. The number of ether oxygens (including phenoxy) is 1. The van der Waals surface area contributed by atoms with Crippen LogP contribution in [0.1, 0.15) is 13.8 Å². The Morgan fingerprint density at radius 1 is 1.25 bits per heavy atom. The van der Waals surface area contributed by atoms with Gasteiger partial charge in [-0.05, 0) is 26.0 Å². The largest absolute Gasteiger partial charge is 0.465 e. The second-order valence-corrected chi connectivity index (χ2v) is 8.91. The number of nitrogens with two attached hydrogens (primary N) is 1. The average molecular weight is 476 g/mol. The number of rotatable bonds is 6. The van der Waals surface area contributed by atoms with Crippen LogP contribution in [0.5, 0.6) is 0 Å². The van der Waals surface area contributed by atoms with Crippen LogP contribution in [0.25, 0.3) is 22.2 Å². The summed E-state index contributed by atoms with van der Waals surface area (Å²) in [6.07, 6.45) is 1.82. The minimum atomic E-state index is -0.208. The molecule has 0 saturated carbocycles. The first kappa shape index (κ1) is 22.6. The van der Waals surface area contributed by atoms with Gasteiger partial charge in [-0.2, -0.15) is 0 Å². The number of benzene rings is 1. The van der Waals surface area contributed by atoms with Crippen molar-refractivity contribution in [2.24, 2.45) is 0 Å². The first-order valence-corrected chi connectivity index (χ1v) is 11.9. The van der Waals surface area contributed by atoms with Crippen molar-refractivity contribution < 1.29 is 9.53 Å². The molecule has 2 aromatic heterocycles. The summed E-state index contributed by atoms with van der Waals surface area (Å²) in [4.78, 5) is 33.7. The van der Waals surface area contributed by atoms with E-state index >= 15 is 0 Å². The van der Waals surface area contributed by atoms with Crippen molar-refractivity contribution in [3.05, 3.63) is 39.0 Å². The molecule has 3 aromatic rings. The molecule has 4 rings (SSSR count). The number of fused-ring (bicyclic) bond motifs is 1. The molecular weight excluding hydrogens is 450 g/mol. The van der Waals surface area contributed by atoms with Gasteiger partial charge in [-0.1, -0.05) is 11.6 Å². The molecule has 1 saturated heterocycles. The number of piperazine rings is 1. The van der Waals surface area contributed by atoms with Crippen molar-refractivity contribution in [2.75, 3.05) is 50.0 Å². The standard InChI is InChI=1S/C22H26ClN5O3S/c1-3-27-11-15(17-13-32-22(24)25-17)21(30)14-9-19(16(23)10-18(14)27)28-7-5-26(6-8-28)12-20(29)31-4-2/h9-11,13H,3-8,12H2,1-2H3,(H2,24,25).